The molecule has 0 bridgehead atoms. The number of aliphatic carboxylic acids is 10. The number of rotatable bonds is 0. The van der Waals surface area contributed by atoms with Crippen molar-refractivity contribution in [3.8, 4) is 0 Å². The fourth-order valence-corrected chi connectivity index (χ4v) is 0. The van der Waals surface area contributed by atoms with Crippen molar-refractivity contribution in [1.82, 2.24) is 0 Å². The van der Waals surface area contributed by atoms with Gasteiger partial charge in [-0.25, -0.2) is 43.2 Å². The molecule has 0 aromatic carbocycles. The van der Waals surface area contributed by atoms with Gasteiger partial charge in [0.15, 0.2) is 5.97 Å². The maximum Gasteiger partial charge on any atom is 1.00 e. The third kappa shape index (κ3) is 58.6. The van der Waals surface area contributed by atoms with Crippen molar-refractivity contribution in [2.75, 3.05) is 0 Å². The Morgan fingerprint density at radius 1 is 0.323 bits per heavy atom. The van der Waals surface area contributed by atoms with Gasteiger partial charge in [0.2, 0.25) is 0 Å². The average molecular weight is 472 g/mol. The summed E-state index contributed by atoms with van der Waals surface area (Å²) < 4.78 is 0. The van der Waals surface area contributed by atoms with Gasteiger partial charge in [-0.05, 0) is 0 Å². The van der Waals surface area contributed by atoms with Crippen LogP contribution in [-0.2, 0) is 47.9 Å². The predicted octanol–water partition coefficient (Wildman–Crippen LogP) is -8.55. The van der Waals surface area contributed by atoms with Crippen molar-refractivity contribution in [2.45, 2.75) is 0 Å². The second-order valence-electron chi connectivity index (χ2n) is 3.03. The Bertz CT molecular complexity index is 503. The fraction of sp³-hybridized carbons (Fsp3) is 0. The number of hydrogen-bond acceptors (Lipinski definition) is 11. The summed E-state index contributed by atoms with van der Waals surface area (Å²) in [7, 11) is 0. The molecule has 0 fully saturated rings. The van der Waals surface area contributed by atoms with Crippen LogP contribution in [0.4, 0.5) is 0 Å². The van der Waals surface area contributed by atoms with Gasteiger partial charge in [-0.2, -0.15) is 0 Å². The minimum atomic E-state index is -2.07. The fourth-order valence-electron chi connectivity index (χ4n) is 0. The Kier molecular flexibility index (Phi) is 31.5. The van der Waals surface area contributed by atoms with Gasteiger partial charge in [0.05, 0.1) is 0 Å². The van der Waals surface area contributed by atoms with Crippen LogP contribution in [0.15, 0.2) is 0 Å². The van der Waals surface area contributed by atoms with Crippen molar-refractivity contribution >= 4 is 59.7 Å². The molecule has 0 heterocycles. The smallest absolute Gasteiger partial charge is 0.539 e. The number of carbonyl (C=O) groups is 10. The van der Waals surface area contributed by atoms with Gasteiger partial charge in [-0.3, -0.25) is 0 Å². The van der Waals surface area contributed by atoms with E-state index in [0.717, 1.165) is 0 Å². The van der Waals surface area contributed by atoms with E-state index < -0.39 is 59.7 Å². The summed E-state index contributed by atoms with van der Waals surface area (Å²) in [5.74, 6) is -18.6. The predicted molar refractivity (Wildman–Crippen MR) is 73.7 cm³/mol. The Morgan fingerprint density at radius 2 is 0.387 bits per heavy atom. The van der Waals surface area contributed by atoms with Crippen molar-refractivity contribution < 1.29 is 129 Å². The third-order valence-electron chi connectivity index (χ3n) is 0.906. The molecular formula is C10H9NaO20. The van der Waals surface area contributed by atoms with E-state index in [1.807, 2.05) is 0 Å². The number of hydrogen-bond donors (Lipinski definition) is 9. The Morgan fingerprint density at radius 3 is 0.387 bits per heavy atom. The van der Waals surface area contributed by atoms with Crippen LogP contribution in [-0.4, -0.2) is 106 Å². The second kappa shape index (κ2) is 23.7. The zero-order chi connectivity index (χ0) is 25.8. The van der Waals surface area contributed by atoms with Crippen LogP contribution in [0, 0.1) is 0 Å². The normalized spacial score (nSPS) is 7.10. The molecular weight excluding hydrogens is 463 g/mol. The van der Waals surface area contributed by atoms with E-state index in [1.54, 1.807) is 0 Å². The summed E-state index contributed by atoms with van der Waals surface area (Å²) in [6.45, 7) is 0. The first-order valence-electron chi connectivity index (χ1n) is 5.51. The van der Waals surface area contributed by atoms with Crippen LogP contribution in [0.1, 0.15) is 0 Å². The van der Waals surface area contributed by atoms with Gasteiger partial charge in [0.25, 0.3) is 0 Å². The van der Waals surface area contributed by atoms with Crippen molar-refractivity contribution in [3.63, 3.8) is 0 Å². The van der Waals surface area contributed by atoms with Gasteiger partial charge in [0.1, 0.15) is 0 Å². The molecule has 0 radical (unpaired) electrons. The van der Waals surface area contributed by atoms with E-state index in [0.29, 0.717) is 0 Å². The topological polar surface area (TPSA) is 376 Å². The number of carboxylic acids is 10. The molecule has 21 heteroatoms. The quantitative estimate of drug-likeness (QED) is 0.117. The van der Waals surface area contributed by atoms with Crippen LogP contribution in [0.3, 0.4) is 0 Å². The monoisotopic (exact) mass is 472 g/mol. The van der Waals surface area contributed by atoms with Gasteiger partial charge in [-0.1, -0.05) is 0 Å². The van der Waals surface area contributed by atoms with Gasteiger partial charge < -0.3 is 55.9 Å². The molecule has 170 valence electrons. The van der Waals surface area contributed by atoms with Gasteiger partial charge in [-0.15, -0.1) is 0 Å². The molecule has 0 saturated carbocycles. The first-order chi connectivity index (χ1) is 13.2. The molecule has 31 heavy (non-hydrogen) atoms. The molecule has 0 amide bonds. The summed E-state index contributed by atoms with van der Waals surface area (Å²) in [6, 6.07) is 0. The largest absolute Gasteiger partial charge is 1.00 e. The van der Waals surface area contributed by atoms with E-state index in [-0.39, 0.29) is 29.6 Å². The molecule has 0 unspecified atom stereocenters. The molecule has 0 aliphatic rings. The van der Waals surface area contributed by atoms with Gasteiger partial charge >= 0.3 is 83.3 Å². The maximum atomic E-state index is 9.10. The van der Waals surface area contributed by atoms with Crippen LogP contribution >= 0.6 is 0 Å². The first kappa shape index (κ1) is 41.2. The van der Waals surface area contributed by atoms with Crippen molar-refractivity contribution in [3.05, 3.63) is 0 Å². The molecule has 0 aromatic rings. The summed E-state index contributed by atoms with van der Waals surface area (Å²) >= 11 is 0. The summed E-state index contributed by atoms with van der Waals surface area (Å²) in [5.41, 5.74) is 0. The summed E-state index contributed by atoms with van der Waals surface area (Å²) in [6.07, 6.45) is 0. The van der Waals surface area contributed by atoms with E-state index in [1.165, 1.54) is 0 Å². The van der Waals surface area contributed by atoms with Gasteiger partial charge in [0, 0.05) is 0 Å². The van der Waals surface area contributed by atoms with Crippen LogP contribution in [0.5, 0.6) is 0 Å². The zero-order valence-corrected chi connectivity index (χ0v) is 16.5. The SMILES string of the molecule is O=C(O)C(=O)O.O=C(O)C(=O)O.O=C(O)C(=O)O.O=C(O)C(=O)O.O=C([O-])C(=O)O.[Na+]. The maximum absolute atomic E-state index is 9.10. The van der Waals surface area contributed by atoms with Crippen LogP contribution < -0.4 is 34.7 Å². The first-order valence-corrected chi connectivity index (χ1v) is 5.51. The van der Waals surface area contributed by atoms with E-state index in [9.17, 15) is 0 Å². The van der Waals surface area contributed by atoms with E-state index in [4.69, 9.17) is 99.0 Å². The number of carboxylic acid groups (broad SMARTS) is 10. The molecule has 9 N–H and O–H groups in total. The van der Waals surface area contributed by atoms with Crippen LogP contribution in [0.25, 0.3) is 0 Å². The average Bonchev–Trinajstić information content (AvgIpc) is 2.56. The molecule has 0 spiro atoms. The van der Waals surface area contributed by atoms with Crippen molar-refractivity contribution in [1.29, 1.82) is 0 Å². The Hall–Kier alpha value is -4.30. The molecule has 0 aliphatic heterocycles. The third-order valence-corrected chi connectivity index (χ3v) is 0.906. The van der Waals surface area contributed by atoms with E-state index >= 15 is 0 Å². The Labute approximate surface area is 188 Å². The standard InChI is InChI=1S/5C2H2O4.Na/c5*3-1(4)2(5)6;/h5*(H,3,4)(H,5,6);/q;;;;;+1/p-1. The molecule has 0 atom stereocenters. The minimum Gasteiger partial charge on any atom is -0.539 e. The summed E-state index contributed by atoms with van der Waals surface area (Å²) in [4.78, 5) is 90.8. The zero-order valence-electron chi connectivity index (χ0n) is 14.5. The molecule has 0 rings (SSSR count). The minimum absolute atomic E-state index is 0. The molecule has 20 nitrogen and oxygen atoms in total. The summed E-state index contributed by atoms with van der Waals surface area (Å²) in [5, 5.41) is 75.4. The molecule has 0 aliphatic carbocycles. The molecule has 0 aromatic heterocycles. The molecule has 0 saturated heterocycles. The van der Waals surface area contributed by atoms with Crippen LogP contribution in [0.2, 0.25) is 0 Å². The Balaban J connectivity index is -0.0000000625. The van der Waals surface area contributed by atoms with Crippen molar-refractivity contribution in [2.24, 2.45) is 0 Å². The number of carbonyl (C=O) groups excluding carboxylic acids is 1. The second-order valence-corrected chi connectivity index (χ2v) is 3.03. The van der Waals surface area contributed by atoms with E-state index in [2.05, 4.69) is 0 Å².